The molecular weight excluding hydrogens is 364 g/mol. The summed E-state index contributed by atoms with van der Waals surface area (Å²) in [6.07, 6.45) is 3.73. The lowest BCUT2D eigenvalue weighted by Gasteiger charge is -2.18. The maximum Gasteiger partial charge on any atom is 0.246 e. The second-order valence-corrected chi connectivity index (χ2v) is 6.56. The van der Waals surface area contributed by atoms with Crippen LogP contribution in [0.1, 0.15) is 19.9 Å². The van der Waals surface area contributed by atoms with Crippen molar-refractivity contribution in [1.82, 2.24) is 24.4 Å². The monoisotopic (exact) mass is 384 g/mol. The van der Waals surface area contributed by atoms with Gasteiger partial charge in [0, 0.05) is 18.7 Å². The lowest BCUT2D eigenvalue weighted by molar-refractivity contribution is -0.125. The summed E-state index contributed by atoms with van der Waals surface area (Å²) in [6, 6.07) is 7.54. The van der Waals surface area contributed by atoms with Crippen LogP contribution < -0.4 is 5.73 Å². The first-order valence-corrected chi connectivity index (χ1v) is 8.63. The Labute approximate surface area is 162 Å². The van der Waals surface area contributed by atoms with Crippen LogP contribution in [0.3, 0.4) is 0 Å². The van der Waals surface area contributed by atoms with Crippen LogP contribution in [-0.2, 0) is 4.79 Å². The minimum absolute atomic E-state index is 0. The SMILES string of the molecule is C.C=CC(=O)N1CCC(n2c(-c3ccccc3Cl)nc3cnc(N)nc32)C1. The third kappa shape index (κ3) is 3.26. The highest BCUT2D eigenvalue weighted by Crippen LogP contribution is 2.35. The number of nitrogens with zero attached hydrogens (tertiary/aromatic N) is 5. The van der Waals surface area contributed by atoms with E-state index in [1.807, 2.05) is 28.8 Å². The van der Waals surface area contributed by atoms with Crippen LogP contribution >= 0.6 is 11.6 Å². The summed E-state index contributed by atoms with van der Waals surface area (Å²) in [5.74, 6) is 0.801. The van der Waals surface area contributed by atoms with E-state index < -0.39 is 0 Å². The normalized spacial score (nSPS) is 16.3. The van der Waals surface area contributed by atoms with Crippen LogP contribution in [0.25, 0.3) is 22.6 Å². The molecule has 1 unspecified atom stereocenters. The molecule has 0 spiro atoms. The van der Waals surface area contributed by atoms with Crippen LogP contribution in [0.5, 0.6) is 0 Å². The Morgan fingerprint density at radius 3 is 2.85 bits per heavy atom. The molecule has 3 heterocycles. The molecule has 140 valence electrons. The largest absolute Gasteiger partial charge is 0.368 e. The average Bonchev–Trinajstić information content (AvgIpc) is 3.25. The average molecular weight is 385 g/mol. The Morgan fingerprint density at radius 1 is 1.33 bits per heavy atom. The number of fused-ring (bicyclic) bond motifs is 1. The van der Waals surface area contributed by atoms with E-state index >= 15 is 0 Å². The summed E-state index contributed by atoms with van der Waals surface area (Å²) in [7, 11) is 0. The van der Waals surface area contributed by atoms with Crippen molar-refractivity contribution in [2.24, 2.45) is 0 Å². The Morgan fingerprint density at radius 2 is 2.11 bits per heavy atom. The van der Waals surface area contributed by atoms with Gasteiger partial charge in [0.25, 0.3) is 0 Å². The number of carbonyl (C=O) groups is 1. The van der Waals surface area contributed by atoms with Gasteiger partial charge in [0.15, 0.2) is 5.65 Å². The van der Waals surface area contributed by atoms with Gasteiger partial charge in [-0.15, -0.1) is 0 Å². The van der Waals surface area contributed by atoms with Crippen molar-refractivity contribution in [2.45, 2.75) is 19.9 Å². The third-order valence-corrected chi connectivity index (χ3v) is 4.91. The van der Waals surface area contributed by atoms with E-state index in [4.69, 9.17) is 22.3 Å². The molecule has 0 radical (unpaired) electrons. The maximum absolute atomic E-state index is 12.0. The van der Waals surface area contributed by atoms with Crippen molar-refractivity contribution in [1.29, 1.82) is 0 Å². The van der Waals surface area contributed by atoms with Crippen molar-refractivity contribution in [3.05, 3.63) is 48.1 Å². The number of benzene rings is 1. The standard InChI is InChI=1S/C18H17ClN6O.CH4/c1-2-15(26)24-8-7-11(10-24)25-16(12-5-3-4-6-13(12)19)22-14-9-21-18(20)23-17(14)25;/h2-6,9,11H,1,7-8,10H2,(H2,20,21,23);1H4. The Hall–Kier alpha value is -2.93. The summed E-state index contributed by atoms with van der Waals surface area (Å²) in [4.78, 5) is 26.9. The fourth-order valence-corrected chi connectivity index (χ4v) is 3.58. The van der Waals surface area contributed by atoms with Crippen LogP contribution in [-0.4, -0.2) is 43.4 Å². The molecule has 1 aromatic carbocycles. The van der Waals surface area contributed by atoms with Gasteiger partial charge in [-0.3, -0.25) is 4.79 Å². The van der Waals surface area contributed by atoms with Crippen LogP contribution in [0, 0.1) is 0 Å². The van der Waals surface area contributed by atoms with Gasteiger partial charge >= 0.3 is 0 Å². The first-order chi connectivity index (χ1) is 12.6. The first-order valence-electron chi connectivity index (χ1n) is 8.25. The molecule has 1 amide bonds. The molecule has 2 aromatic heterocycles. The van der Waals surface area contributed by atoms with Crippen molar-refractivity contribution in [3.63, 3.8) is 0 Å². The van der Waals surface area contributed by atoms with Crippen molar-refractivity contribution in [3.8, 4) is 11.4 Å². The minimum Gasteiger partial charge on any atom is -0.368 e. The summed E-state index contributed by atoms with van der Waals surface area (Å²) in [6.45, 7) is 4.77. The zero-order valence-corrected chi connectivity index (χ0v) is 14.7. The highest BCUT2D eigenvalue weighted by atomic mass is 35.5. The van der Waals surface area contributed by atoms with Crippen LogP contribution in [0.2, 0.25) is 5.02 Å². The molecule has 2 N–H and O–H groups in total. The van der Waals surface area contributed by atoms with E-state index in [2.05, 4.69) is 16.5 Å². The number of nitrogen functional groups attached to an aromatic ring is 1. The lowest BCUT2D eigenvalue weighted by Crippen LogP contribution is -2.27. The third-order valence-electron chi connectivity index (χ3n) is 4.58. The lowest BCUT2D eigenvalue weighted by atomic mass is 10.2. The highest BCUT2D eigenvalue weighted by molar-refractivity contribution is 6.33. The van der Waals surface area contributed by atoms with Gasteiger partial charge in [-0.1, -0.05) is 37.7 Å². The number of anilines is 1. The summed E-state index contributed by atoms with van der Waals surface area (Å²) in [5, 5.41) is 0.599. The number of aromatic nitrogens is 4. The van der Waals surface area contributed by atoms with E-state index in [1.165, 1.54) is 6.08 Å². The Balaban J connectivity index is 0.00000210. The molecule has 1 atom stereocenters. The van der Waals surface area contributed by atoms with Gasteiger partial charge in [0.05, 0.1) is 17.3 Å². The number of carbonyl (C=O) groups excluding carboxylic acids is 1. The van der Waals surface area contributed by atoms with Gasteiger partial charge in [-0.2, -0.15) is 4.98 Å². The number of rotatable bonds is 3. The van der Waals surface area contributed by atoms with Crippen molar-refractivity contribution in [2.75, 3.05) is 18.8 Å². The zero-order chi connectivity index (χ0) is 18.3. The maximum atomic E-state index is 12.0. The number of amides is 1. The number of hydrogen-bond donors (Lipinski definition) is 1. The minimum atomic E-state index is -0.0784. The Bertz CT molecular complexity index is 1010. The smallest absolute Gasteiger partial charge is 0.246 e. The fraction of sp³-hybridized carbons (Fsp3) is 0.263. The van der Waals surface area contributed by atoms with Gasteiger partial charge in [-0.25, -0.2) is 9.97 Å². The second kappa shape index (κ2) is 7.36. The van der Waals surface area contributed by atoms with Crippen molar-refractivity contribution >= 4 is 34.6 Å². The molecule has 27 heavy (non-hydrogen) atoms. The molecule has 0 saturated carbocycles. The number of likely N-dealkylation sites (tertiary alicyclic amines) is 1. The molecule has 1 fully saturated rings. The molecule has 3 aromatic rings. The van der Waals surface area contributed by atoms with E-state index in [0.717, 1.165) is 12.0 Å². The molecule has 7 nitrogen and oxygen atoms in total. The summed E-state index contributed by atoms with van der Waals surface area (Å²) in [5.41, 5.74) is 7.89. The molecule has 1 aliphatic heterocycles. The highest BCUT2D eigenvalue weighted by Gasteiger charge is 2.30. The molecule has 0 aliphatic carbocycles. The number of nitrogens with two attached hydrogens (primary N) is 1. The predicted molar refractivity (Wildman–Crippen MR) is 107 cm³/mol. The predicted octanol–water partition coefficient (Wildman–Crippen LogP) is 3.32. The molecule has 0 bridgehead atoms. The van der Waals surface area contributed by atoms with Crippen LogP contribution in [0.15, 0.2) is 43.1 Å². The van der Waals surface area contributed by atoms with E-state index in [0.29, 0.717) is 35.1 Å². The zero-order valence-electron chi connectivity index (χ0n) is 14.0. The topological polar surface area (TPSA) is 89.9 Å². The summed E-state index contributed by atoms with van der Waals surface area (Å²) >= 11 is 6.41. The number of hydrogen-bond acceptors (Lipinski definition) is 5. The number of halogens is 1. The van der Waals surface area contributed by atoms with E-state index in [1.54, 1.807) is 11.1 Å². The van der Waals surface area contributed by atoms with Gasteiger partial charge in [0.1, 0.15) is 11.3 Å². The first kappa shape index (κ1) is 18.8. The van der Waals surface area contributed by atoms with E-state index in [-0.39, 0.29) is 25.3 Å². The quantitative estimate of drug-likeness (QED) is 0.699. The van der Waals surface area contributed by atoms with Crippen molar-refractivity contribution < 1.29 is 4.79 Å². The van der Waals surface area contributed by atoms with Crippen LogP contribution in [0.4, 0.5) is 5.95 Å². The molecular formula is C19H21ClN6O. The Kier molecular flexibility index (Phi) is 5.14. The van der Waals surface area contributed by atoms with Gasteiger partial charge in [-0.05, 0) is 24.6 Å². The van der Waals surface area contributed by atoms with Gasteiger partial charge < -0.3 is 15.2 Å². The molecule has 4 rings (SSSR count). The summed E-state index contributed by atoms with van der Waals surface area (Å²) < 4.78 is 2.02. The second-order valence-electron chi connectivity index (χ2n) is 6.15. The fourth-order valence-electron chi connectivity index (χ4n) is 3.36. The molecule has 8 heteroatoms. The molecule has 1 saturated heterocycles. The van der Waals surface area contributed by atoms with E-state index in [9.17, 15) is 4.79 Å². The number of imidazole rings is 1. The van der Waals surface area contributed by atoms with Gasteiger partial charge in [0.2, 0.25) is 11.9 Å². The molecule has 1 aliphatic rings.